The molecule has 0 aliphatic rings. The molecule has 0 fully saturated rings. The summed E-state index contributed by atoms with van der Waals surface area (Å²) >= 11 is 0. The van der Waals surface area contributed by atoms with E-state index in [1.807, 2.05) is 37.3 Å². The van der Waals surface area contributed by atoms with Crippen LogP contribution in [0.5, 0.6) is 0 Å². The summed E-state index contributed by atoms with van der Waals surface area (Å²) in [5.74, 6) is 0.750. The second-order valence-electron chi connectivity index (χ2n) is 4.47. The van der Waals surface area contributed by atoms with Crippen molar-refractivity contribution in [1.29, 1.82) is 0 Å². The van der Waals surface area contributed by atoms with E-state index >= 15 is 0 Å². The Morgan fingerprint density at radius 3 is 2.38 bits per heavy atom. The molecule has 86 valence electrons. The molecule has 0 atom stereocenters. The quantitative estimate of drug-likeness (QED) is 0.536. The fourth-order valence-corrected chi connectivity index (χ4v) is 1.60. The van der Waals surface area contributed by atoms with Crippen LogP contribution in [0.4, 0.5) is 0 Å². The predicted molar refractivity (Wildman–Crippen MR) is 68.7 cm³/mol. The second-order valence-corrected chi connectivity index (χ2v) is 4.47. The monoisotopic (exact) mass is 216 g/mol. The molecule has 1 rings (SSSR count). The minimum Gasteiger partial charge on any atom is -0.289 e. The Bertz CT molecular complexity index is 358. The normalized spacial score (nSPS) is 11.2. The molecule has 0 unspecified atom stereocenters. The predicted octanol–water partition coefficient (Wildman–Crippen LogP) is 4.03. The van der Waals surface area contributed by atoms with Crippen LogP contribution in [-0.2, 0) is 6.42 Å². The first-order chi connectivity index (χ1) is 7.63. The molecular formula is C15H20O. The largest absolute Gasteiger partial charge is 0.289 e. The van der Waals surface area contributed by atoms with Gasteiger partial charge in [-0.05, 0) is 30.4 Å². The van der Waals surface area contributed by atoms with Gasteiger partial charge in [0, 0.05) is 5.56 Å². The van der Waals surface area contributed by atoms with E-state index in [1.165, 1.54) is 5.56 Å². The Labute approximate surface area is 98.2 Å². The van der Waals surface area contributed by atoms with E-state index in [0.717, 1.165) is 18.4 Å². The topological polar surface area (TPSA) is 17.1 Å². The van der Waals surface area contributed by atoms with Gasteiger partial charge in [-0.3, -0.25) is 4.79 Å². The SMILES string of the molecule is CCC=CC(=O)c1ccc(CC(C)C)cc1. The fraction of sp³-hybridized carbons (Fsp3) is 0.400. The number of carbonyl (C=O) groups excluding carboxylic acids is 1. The highest BCUT2D eigenvalue weighted by molar-refractivity contribution is 6.04. The highest BCUT2D eigenvalue weighted by atomic mass is 16.1. The van der Waals surface area contributed by atoms with Gasteiger partial charge in [0.1, 0.15) is 0 Å². The van der Waals surface area contributed by atoms with Crippen LogP contribution >= 0.6 is 0 Å². The van der Waals surface area contributed by atoms with E-state index in [-0.39, 0.29) is 5.78 Å². The molecule has 1 aromatic carbocycles. The van der Waals surface area contributed by atoms with Crippen LogP contribution in [0, 0.1) is 5.92 Å². The lowest BCUT2D eigenvalue weighted by atomic mass is 10.0. The van der Waals surface area contributed by atoms with Crippen molar-refractivity contribution < 1.29 is 4.79 Å². The van der Waals surface area contributed by atoms with Crippen LogP contribution < -0.4 is 0 Å². The van der Waals surface area contributed by atoms with Crippen LogP contribution in [-0.4, -0.2) is 5.78 Å². The summed E-state index contributed by atoms with van der Waals surface area (Å²) in [4.78, 5) is 11.7. The zero-order valence-corrected chi connectivity index (χ0v) is 10.4. The molecular weight excluding hydrogens is 196 g/mol. The molecule has 0 aliphatic carbocycles. The molecule has 1 aromatic rings. The summed E-state index contributed by atoms with van der Waals surface area (Å²) < 4.78 is 0. The molecule has 0 N–H and O–H groups in total. The molecule has 0 saturated carbocycles. The lowest BCUT2D eigenvalue weighted by Crippen LogP contribution is -1.97. The van der Waals surface area contributed by atoms with E-state index in [0.29, 0.717) is 5.92 Å². The number of carbonyl (C=O) groups is 1. The third-order valence-corrected chi connectivity index (χ3v) is 2.39. The zero-order valence-electron chi connectivity index (χ0n) is 10.4. The fourth-order valence-electron chi connectivity index (χ4n) is 1.60. The van der Waals surface area contributed by atoms with E-state index < -0.39 is 0 Å². The molecule has 0 amide bonds. The number of rotatable bonds is 5. The second kappa shape index (κ2) is 6.26. The van der Waals surface area contributed by atoms with Crippen LogP contribution in [0.3, 0.4) is 0 Å². The molecule has 0 aromatic heterocycles. The van der Waals surface area contributed by atoms with Gasteiger partial charge < -0.3 is 0 Å². The number of ketones is 1. The van der Waals surface area contributed by atoms with Gasteiger partial charge in [-0.15, -0.1) is 0 Å². The Morgan fingerprint density at radius 1 is 1.25 bits per heavy atom. The van der Waals surface area contributed by atoms with Crippen molar-refractivity contribution in [3.63, 3.8) is 0 Å². The molecule has 0 saturated heterocycles. The van der Waals surface area contributed by atoms with Gasteiger partial charge in [0.25, 0.3) is 0 Å². The summed E-state index contributed by atoms with van der Waals surface area (Å²) in [6.07, 6.45) is 5.51. The molecule has 0 spiro atoms. The standard InChI is InChI=1S/C15H20O/c1-4-5-6-15(16)14-9-7-13(8-10-14)11-12(2)3/h5-10,12H,4,11H2,1-3H3. The van der Waals surface area contributed by atoms with Crippen LogP contribution in [0.25, 0.3) is 0 Å². The van der Waals surface area contributed by atoms with Gasteiger partial charge in [0.05, 0.1) is 0 Å². The molecule has 0 radical (unpaired) electrons. The van der Waals surface area contributed by atoms with Crippen molar-refractivity contribution in [2.24, 2.45) is 5.92 Å². The third kappa shape index (κ3) is 4.01. The van der Waals surface area contributed by atoms with E-state index in [1.54, 1.807) is 6.08 Å². The molecule has 0 heterocycles. The maximum atomic E-state index is 11.7. The number of hydrogen-bond acceptors (Lipinski definition) is 1. The molecule has 0 aliphatic heterocycles. The minimum atomic E-state index is 0.0953. The van der Waals surface area contributed by atoms with Crippen molar-refractivity contribution in [2.75, 3.05) is 0 Å². The highest BCUT2D eigenvalue weighted by Crippen LogP contribution is 2.10. The third-order valence-electron chi connectivity index (χ3n) is 2.39. The van der Waals surface area contributed by atoms with Crippen LogP contribution in [0.15, 0.2) is 36.4 Å². The first-order valence-electron chi connectivity index (χ1n) is 5.93. The van der Waals surface area contributed by atoms with Crippen molar-refractivity contribution in [3.8, 4) is 0 Å². The van der Waals surface area contributed by atoms with Gasteiger partial charge >= 0.3 is 0 Å². The average molecular weight is 216 g/mol. The lowest BCUT2D eigenvalue weighted by molar-refractivity contribution is 0.104. The Morgan fingerprint density at radius 2 is 1.88 bits per heavy atom. The highest BCUT2D eigenvalue weighted by Gasteiger charge is 2.02. The maximum absolute atomic E-state index is 11.7. The first kappa shape index (κ1) is 12.7. The number of hydrogen-bond donors (Lipinski definition) is 0. The molecule has 0 bridgehead atoms. The van der Waals surface area contributed by atoms with Crippen molar-refractivity contribution in [3.05, 3.63) is 47.5 Å². The summed E-state index contributed by atoms with van der Waals surface area (Å²) in [7, 11) is 0. The van der Waals surface area contributed by atoms with Crippen LogP contribution in [0.2, 0.25) is 0 Å². The molecule has 1 heteroatoms. The number of allylic oxidation sites excluding steroid dienone is 2. The van der Waals surface area contributed by atoms with Gasteiger partial charge in [-0.2, -0.15) is 0 Å². The zero-order chi connectivity index (χ0) is 12.0. The average Bonchev–Trinajstić information content (AvgIpc) is 2.26. The number of benzene rings is 1. The van der Waals surface area contributed by atoms with Crippen LogP contribution in [0.1, 0.15) is 43.1 Å². The Hall–Kier alpha value is -1.37. The lowest BCUT2D eigenvalue weighted by Gasteiger charge is -2.05. The van der Waals surface area contributed by atoms with E-state index in [9.17, 15) is 4.79 Å². The first-order valence-corrected chi connectivity index (χ1v) is 5.93. The van der Waals surface area contributed by atoms with Gasteiger partial charge in [0.15, 0.2) is 5.78 Å². The van der Waals surface area contributed by atoms with Gasteiger partial charge in [-0.1, -0.05) is 51.1 Å². The van der Waals surface area contributed by atoms with Crippen molar-refractivity contribution >= 4 is 5.78 Å². The summed E-state index contributed by atoms with van der Waals surface area (Å²) in [6, 6.07) is 7.93. The summed E-state index contributed by atoms with van der Waals surface area (Å²) in [5.41, 5.74) is 2.07. The van der Waals surface area contributed by atoms with Gasteiger partial charge in [0.2, 0.25) is 0 Å². The van der Waals surface area contributed by atoms with Crippen molar-refractivity contribution in [2.45, 2.75) is 33.6 Å². The Kier molecular flexibility index (Phi) is 4.97. The smallest absolute Gasteiger partial charge is 0.185 e. The van der Waals surface area contributed by atoms with E-state index in [2.05, 4.69) is 13.8 Å². The van der Waals surface area contributed by atoms with Crippen molar-refractivity contribution in [1.82, 2.24) is 0 Å². The summed E-state index contributed by atoms with van der Waals surface area (Å²) in [6.45, 7) is 6.42. The molecule has 16 heavy (non-hydrogen) atoms. The Balaban J connectivity index is 2.71. The van der Waals surface area contributed by atoms with E-state index in [4.69, 9.17) is 0 Å². The molecule has 1 nitrogen and oxygen atoms in total. The summed E-state index contributed by atoms with van der Waals surface area (Å²) in [5, 5.41) is 0. The maximum Gasteiger partial charge on any atom is 0.185 e. The van der Waals surface area contributed by atoms with Gasteiger partial charge in [-0.25, -0.2) is 0 Å². The minimum absolute atomic E-state index is 0.0953.